The molecule has 0 aromatic carbocycles. The van der Waals surface area contributed by atoms with Crippen LogP contribution in [0, 0.1) is 3.70 Å². The maximum absolute atomic E-state index is 13.3. The third kappa shape index (κ3) is 4.82. The number of halogens is 1. The number of carbonyl (C=O) groups excluding carboxylic acids is 1. The Hall–Kier alpha value is -2.16. The van der Waals surface area contributed by atoms with Gasteiger partial charge in [0, 0.05) is 24.6 Å². The lowest BCUT2D eigenvalue weighted by atomic mass is 9.64. The molecule has 4 aliphatic rings. The first-order valence-corrected chi connectivity index (χ1v) is 17.0. The highest BCUT2D eigenvalue weighted by Gasteiger charge is 2.49. The zero-order valence-corrected chi connectivity index (χ0v) is 27.5. The van der Waals surface area contributed by atoms with Crippen LogP contribution >= 0.6 is 22.6 Å². The Kier molecular flexibility index (Phi) is 7.57. The monoisotopic (exact) mass is 703 g/mol. The number of aliphatic hydroxyl groups is 2. The molecule has 12 heteroatoms. The summed E-state index contributed by atoms with van der Waals surface area (Å²) in [5.74, 6) is 2.09. The van der Waals surface area contributed by atoms with Gasteiger partial charge in [-0.25, -0.2) is 14.6 Å². The summed E-state index contributed by atoms with van der Waals surface area (Å²) in [7, 11) is 4.24. The summed E-state index contributed by atoms with van der Waals surface area (Å²) in [6.07, 6.45) is 10.3. The third-order valence-electron chi connectivity index (χ3n) is 10.6. The lowest BCUT2D eigenvalue weighted by Gasteiger charge is -2.43. The molecule has 3 fully saturated rings. The molecule has 1 spiro atoms. The summed E-state index contributed by atoms with van der Waals surface area (Å²) >= 11 is 2.28. The Morgan fingerprint density at radius 1 is 1.07 bits per heavy atom. The first-order valence-electron chi connectivity index (χ1n) is 15.9. The highest BCUT2D eigenvalue weighted by Crippen LogP contribution is 2.48. The second kappa shape index (κ2) is 11.0. The molecular formula is C31H42IN7O4. The first-order chi connectivity index (χ1) is 20.6. The number of anilines is 1. The fourth-order valence-corrected chi connectivity index (χ4v) is 9.06. The van der Waals surface area contributed by atoms with Crippen LogP contribution < -0.4 is 4.90 Å². The number of hydrogen-bond acceptors (Lipinski definition) is 10. The second-order valence-electron chi connectivity index (χ2n) is 13.7. The first kappa shape index (κ1) is 29.5. The number of carbonyl (C=O) groups is 1. The molecule has 0 bridgehead atoms. The Bertz CT molecular complexity index is 1550. The number of piperidine rings is 1. The van der Waals surface area contributed by atoms with Crippen molar-refractivity contribution in [2.24, 2.45) is 0 Å². The topological polar surface area (TPSA) is 134 Å². The maximum atomic E-state index is 13.3. The van der Waals surface area contributed by atoms with Gasteiger partial charge >= 0.3 is 0 Å². The van der Waals surface area contributed by atoms with Crippen LogP contribution in [0.4, 0.5) is 5.82 Å². The third-order valence-corrected chi connectivity index (χ3v) is 11.4. The lowest BCUT2D eigenvalue weighted by Crippen LogP contribution is -2.53. The number of aromatic nitrogens is 5. The Morgan fingerprint density at radius 3 is 2.65 bits per heavy atom. The van der Waals surface area contributed by atoms with Crippen LogP contribution in [0.25, 0.3) is 22.6 Å². The molecule has 7 rings (SSSR count). The molecule has 43 heavy (non-hydrogen) atoms. The minimum atomic E-state index is -0.924. The zero-order valence-electron chi connectivity index (χ0n) is 25.4. The van der Waals surface area contributed by atoms with Crippen molar-refractivity contribution in [1.82, 2.24) is 29.8 Å². The van der Waals surface area contributed by atoms with E-state index in [-0.39, 0.29) is 24.5 Å². The van der Waals surface area contributed by atoms with Gasteiger partial charge in [-0.05, 0) is 108 Å². The van der Waals surface area contributed by atoms with Crippen molar-refractivity contribution in [3.8, 4) is 11.5 Å². The molecule has 5 atom stereocenters. The number of likely N-dealkylation sites (N-methyl/N-ethyl adjacent to an activating group) is 1. The van der Waals surface area contributed by atoms with Gasteiger partial charge in [0.2, 0.25) is 0 Å². The van der Waals surface area contributed by atoms with Gasteiger partial charge in [-0.3, -0.25) is 4.79 Å². The number of ketones is 1. The normalized spacial score (nSPS) is 31.5. The molecule has 232 valence electrons. The van der Waals surface area contributed by atoms with Gasteiger partial charge in [-0.2, -0.15) is 5.10 Å². The van der Waals surface area contributed by atoms with Gasteiger partial charge in [0.15, 0.2) is 22.9 Å². The van der Waals surface area contributed by atoms with E-state index in [2.05, 4.69) is 51.4 Å². The zero-order chi connectivity index (χ0) is 30.1. The van der Waals surface area contributed by atoms with Crippen LogP contribution in [0.1, 0.15) is 94.9 Å². The highest BCUT2D eigenvalue weighted by molar-refractivity contribution is 14.1. The van der Waals surface area contributed by atoms with E-state index in [1.54, 1.807) is 0 Å². The summed E-state index contributed by atoms with van der Waals surface area (Å²) in [6.45, 7) is 2.14. The largest absolute Gasteiger partial charge is 0.394 e. The number of β-amino-alcohol motifs (C(OH)–C–C–N with tert-alkyl or cyclic N) is 1. The van der Waals surface area contributed by atoms with Crippen LogP contribution in [0.5, 0.6) is 0 Å². The van der Waals surface area contributed by atoms with Crippen LogP contribution in [-0.2, 0) is 16.6 Å². The number of aliphatic hydroxyl groups excluding tert-OH is 1. The lowest BCUT2D eigenvalue weighted by molar-refractivity contribution is -0.128. The van der Waals surface area contributed by atoms with Crippen molar-refractivity contribution in [2.45, 2.75) is 113 Å². The van der Waals surface area contributed by atoms with Gasteiger partial charge in [-0.15, -0.1) is 0 Å². The van der Waals surface area contributed by atoms with Crippen LogP contribution in [-0.4, -0.2) is 90.7 Å². The van der Waals surface area contributed by atoms with Gasteiger partial charge in [0.05, 0.1) is 35.1 Å². The quantitative estimate of drug-likeness (QED) is 0.373. The van der Waals surface area contributed by atoms with Crippen molar-refractivity contribution in [3.63, 3.8) is 0 Å². The minimum Gasteiger partial charge on any atom is -0.394 e. The molecule has 3 aromatic rings. The summed E-state index contributed by atoms with van der Waals surface area (Å²) < 4.78 is 8.97. The van der Waals surface area contributed by atoms with Crippen molar-refractivity contribution >= 4 is 45.2 Å². The molecule has 0 unspecified atom stereocenters. The van der Waals surface area contributed by atoms with E-state index < -0.39 is 11.0 Å². The molecule has 2 saturated carbocycles. The van der Waals surface area contributed by atoms with E-state index in [0.29, 0.717) is 54.9 Å². The molecule has 4 heterocycles. The van der Waals surface area contributed by atoms with Gasteiger partial charge in [-0.1, -0.05) is 11.6 Å². The molecule has 0 amide bonds. The molecule has 11 nitrogen and oxygen atoms in total. The van der Waals surface area contributed by atoms with Crippen LogP contribution in [0.2, 0.25) is 0 Å². The smallest absolute Gasteiger partial charge is 0.186 e. The summed E-state index contributed by atoms with van der Waals surface area (Å²) in [5.41, 5.74) is 0.771. The predicted molar refractivity (Wildman–Crippen MR) is 170 cm³/mol. The van der Waals surface area contributed by atoms with Crippen molar-refractivity contribution in [2.75, 3.05) is 32.1 Å². The molecule has 2 N–H and O–H groups in total. The van der Waals surface area contributed by atoms with Crippen LogP contribution in [0.15, 0.2) is 4.52 Å². The summed E-state index contributed by atoms with van der Waals surface area (Å²) in [5, 5.41) is 32.1. The Morgan fingerprint density at radius 2 is 1.88 bits per heavy atom. The summed E-state index contributed by atoms with van der Waals surface area (Å²) in [4.78, 5) is 28.0. The highest BCUT2D eigenvalue weighted by atomic mass is 127. The second-order valence-corrected chi connectivity index (χ2v) is 14.8. The molecule has 3 aliphatic carbocycles. The van der Waals surface area contributed by atoms with E-state index in [4.69, 9.17) is 19.6 Å². The Labute approximate surface area is 265 Å². The molecule has 1 aliphatic heterocycles. The number of Topliss-reactive ketones (excluding diaryl/α,β-unsaturated/α-hetero) is 1. The van der Waals surface area contributed by atoms with Gasteiger partial charge in [0.1, 0.15) is 15.3 Å². The molecule has 1 saturated heterocycles. The number of nitrogens with zero attached hydrogens (tertiary/aromatic N) is 7. The van der Waals surface area contributed by atoms with E-state index in [1.807, 2.05) is 11.8 Å². The molecular weight excluding hydrogens is 661 g/mol. The standard InChI is InChI=1S/C31H42IN7O4/c1-30(42)15-12-18(16-40)38(17-30)28-23-26(32)35-39(21-10-6-9-20(21)37(2)3)29(23)34-27(33-28)24-19-8-7-14-31(25(19)43-36-24)13-5-4-11-22(31)41/h18,20-21,40,42H,4-17H2,1-3H3/t18-,20+,21+,30-,31-/m1/s1. The fourth-order valence-electron chi connectivity index (χ4n) is 8.35. The summed E-state index contributed by atoms with van der Waals surface area (Å²) in [6, 6.07) is 0.295. The van der Waals surface area contributed by atoms with Crippen LogP contribution in [0.3, 0.4) is 0 Å². The molecule has 3 aromatic heterocycles. The van der Waals surface area contributed by atoms with Crippen molar-refractivity contribution in [3.05, 3.63) is 15.0 Å². The van der Waals surface area contributed by atoms with Crippen molar-refractivity contribution in [1.29, 1.82) is 0 Å². The average Bonchev–Trinajstić information content (AvgIpc) is 3.72. The van der Waals surface area contributed by atoms with E-state index in [1.165, 1.54) is 0 Å². The number of hydrogen-bond donors (Lipinski definition) is 2. The fraction of sp³-hybridized carbons (Fsp3) is 0.710. The number of fused-ring (bicyclic) bond motifs is 3. The average molecular weight is 704 g/mol. The maximum Gasteiger partial charge on any atom is 0.186 e. The predicted octanol–water partition coefficient (Wildman–Crippen LogP) is 4.17. The SMILES string of the molecule is CN(C)[C@H]1CCC[C@@H]1n1nc(I)c2c(N3C[C@](C)(O)CC[C@@H]3CO)nc(-c3noc4c3CCC[C@@]43CCCCC3=O)nc21. The van der Waals surface area contributed by atoms with E-state index in [9.17, 15) is 15.0 Å². The van der Waals surface area contributed by atoms with Gasteiger partial charge < -0.3 is 24.5 Å². The molecule has 0 radical (unpaired) electrons. The number of rotatable bonds is 5. The Balaban J connectivity index is 1.44. The van der Waals surface area contributed by atoms with Gasteiger partial charge in [0.25, 0.3) is 0 Å². The van der Waals surface area contributed by atoms with E-state index >= 15 is 0 Å². The van der Waals surface area contributed by atoms with Crippen molar-refractivity contribution < 1.29 is 19.5 Å². The minimum absolute atomic E-state index is 0.0447. The van der Waals surface area contributed by atoms with E-state index in [0.717, 1.165) is 78.1 Å².